The van der Waals surface area contributed by atoms with Crippen molar-refractivity contribution >= 4 is 11.6 Å². The molecule has 5 heteroatoms. The molecule has 0 atom stereocenters. The van der Waals surface area contributed by atoms with E-state index in [1.807, 2.05) is 19.9 Å². The number of rotatable bonds is 5. The number of hydrogen-bond donors (Lipinski definition) is 2. The molecule has 0 fully saturated rings. The molecule has 1 aromatic heterocycles. The number of carbonyl (C=O) groups excluding carboxylic acids is 1. The Balaban J connectivity index is 3.04. The fourth-order valence-corrected chi connectivity index (χ4v) is 1.90. The Morgan fingerprint density at radius 1 is 1.53 bits per heavy atom. The lowest BCUT2D eigenvalue weighted by molar-refractivity contribution is 0.0315. The lowest BCUT2D eigenvalue weighted by Crippen LogP contribution is -2.42. The minimum Gasteiger partial charge on any atom is -0.389 e. The van der Waals surface area contributed by atoms with Gasteiger partial charge in [-0.25, -0.2) is 0 Å². The number of nitrogens with one attached hydrogen (secondary N) is 1. The lowest BCUT2D eigenvalue weighted by Gasteiger charge is -2.28. The third-order valence-corrected chi connectivity index (χ3v) is 2.79. The number of nitrogens with zero attached hydrogens (tertiary/aromatic N) is 2. The van der Waals surface area contributed by atoms with Gasteiger partial charge in [-0.15, -0.1) is 0 Å². The molecule has 1 aromatic rings. The molecule has 0 bridgehead atoms. The predicted molar refractivity (Wildman–Crippen MR) is 76.4 cm³/mol. The molecule has 0 spiro atoms. The van der Waals surface area contributed by atoms with Gasteiger partial charge in [0.05, 0.1) is 16.9 Å². The van der Waals surface area contributed by atoms with Crippen LogP contribution in [-0.2, 0) is 0 Å². The topological polar surface area (TPSA) is 65.5 Å². The van der Waals surface area contributed by atoms with Crippen molar-refractivity contribution in [2.75, 3.05) is 25.5 Å². The summed E-state index contributed by atoms with van der Waals surface area (Å²) in [6.45, 7) is 7.98. The minimum atomic E-state index is -0.913. The van der Waals surface area contributed by atoms with Gasteiger partial charge in [0.15, 0.2) is 0 Å². The molecule has 19 heavy (non-hydrogen) atoms. The van der Waals surface area contributed by atoms with Crippen LogP contribution in [0.1, 0.15) is 36.8 Å². The normalized spacial score (nSPS) is 11.3. The molecule has 0 saturated carbocycles. The number of anilines is 1. The summed E-state index contributed by atoms with van der Waals surface area (Å²) in [6, 6.07) is 1.84. The summed E-state index contributed by atoms with van der Waals surface area (Å²) in [5.74, 6) is -0.124. The number of aromatic nitrogens is 1. The van der Waals surface area contributed by atoms with Crippen LogP contribution in [0.15, 0.2) is 12.3 Å². The Morgan fingerprint density at radius 2 is 2.16 bits per heavy atom. The first-order chi connectivity index (χ1) is 8.78. The van der Waals surface area contributed by atoms with Crippen molar-refractivity contribution in [1.82, 2.24) is 9.88 Å². The first-order valence-electron chi connectivity index (χ1n) is 6.44. The maximum Gasteiger partial charge on any atom is 0.257 e. The highest BCUT2D eigenvalue weighted by Gasteiger charge is 2.24. The number of carbonyl (C=O) groups is 1. The average Bonchev–Trinajstić information content (AvgIpc) is 2.33. The van der Waals surface area contributed by atoms with Crippen LogP contribution in [0.4, 0.5) is 5.69 Å². The van der Waals surface area contributed by atoms with E-state index in [-0.39, 0.29) is 5.91 Å². The van der Waals surface area contributed by atoms with Gasteiger partial charge in [0.1, 0.15) is 0 Å². The van der Waals surface area contributed by atoms with E-state index in [0.717, 1.165) is 11.4 Å². The molecule has 2 N–H and O–H groups in total. The summed E-state index contributed by atoms with van der Waals surface area (Å²) >= 11 is 0. The Morgan fingerprint density at radius 3 is 2.63 bits per heavy atom. The van der Waals surface area contributed by atoms with Gasteiger partial charge in [0, 0.05) is 32.0 Å². The molecule has 0 unspecified atom stereocenters. The van der Waals surface area contributed by atoms with Crippen LogP contribution in [0.25, 0.3) is 0 Å². The molecule has 0 aliphatic rings. The van der Waals surface area contributed by atoms with Crippen LogP contribution in [-0.4, -0.2) is 46.6 Å². The van der Waals surface area contributed by atoms with Crippen LogP contribution in [0, 0.1) is 6.92 Å². The smallest absolute Gasteiger partial charge is 0.257 e. The quantitative estimate of drug-likeness (QED) is 0.850. The van der Waals surface area contributed by atoms with Crippen molar-refractivity contribution in [2.45, 2.75) is 33.3 Å². The highest BCUT2D eigenvalue weighted by Crippen LogP contribution is 2.18. The fraction of sp³-hybridized carbons (Fsp3) is 0.571. The summed E-state index contributed by atoms with van der Waals surface area (Å²) in [5.41, 5.74) is 1.22. The molecule has 0 aromatic carbocycles. The summed E-state index contributed by atoms with van der Waals surface area (Å²) in [6.07, 6.45) is 1.58. The van der Waals surface area contributed by atoms with E-state index < -0.39 is 5.60 Å². The third-order valence-electron chi connectivity index (χ3n) is 2.79. The van der Waals surface area contributed by atoms with E-state index in [9.17, 15) is 9.90 Å². The summed E-state index contributed by atoms with van der Waals surface area (Å²) < 4.78 is 0. The Bertz CT molecular complexity index is 452. The molecule has 5 nitrogen and oxygen atoms in total. The summed E-state index contributed by atoms with van der Waals surface area (Å²) in [7, 11) is 1.78. The molecular formula is C14H23N3O2. The van der Waals surface area contributed by atoms with Crippen molar-refractivity contribution in [3.8, 4) is 0 Å². The van der Waals surface area contributed by atoms with Gasteiger partial charge in [-0.2, -0.15) is 0 Å². The van der Waals surface area contributed by atoms with E-state index in [4.69, 9.17) is 0 Å². The molecule has 1 amide bonds. The number of aryl methyl sites for hydroxylation is 1. The zero-order chi connectivity index (χ0) is 14.6. The summed E-state index contributed by atoms with van der Waals surface area (Å²) in [4.78, 5) is 18.3. The highest BCUT2D eigenvalue weighted by molar-refractivity contribution is 5.99. The molecular weight excluding hydrogens is 242 g/mol. The maximum absolute atomic E-state index is 12.5. The van der Waals surface area contributed by atoms with Gasteiger partial charge in [-0.3, -0.25) is 9.78 Å². The number of hydrogen-bond acceptors (Lipinski definition) is 4. The predicted octanol–water partition coefficient (Wildman–Crippen LogP) is 1.66. The second kappa shape index (κ2) is 6.02. The van der Waals surface area contributed by atoms with Crippen LogP contribution in [0.2, 0.25) is 0 Å². The number of amides is 1. The molecule has 0 saturated heterocycles. The highest BCUT2D eigenvalue weighted by atomic mass is 16.3. The molecule has 0 aliphatic carbocycles. The first-order valence-corrected chi connectivity index (χ1v) is 6.44. The SMILES string of the molecule is CCN(CC(C)(C)O)C(=O)c1cnc(C)cc1NC. The number of aliphatic hydroxyl groups is 1. The van der Waals surface area contributed by atoms with Crippen molar-refractivity contribution < 1.29 is 9.90 Å². The molecule has 0 radical (unpaired) electrons. The number of likely N-dealkylation sites (N-methyl/N-ethyl adjacent to an activating group) is 1. The van der Waals surface area contributed by atoms with E-state index in [1.165, 1.54) is 0 Å². The van der Waals surface area contributed by atoms with E-state index in [2.05, 4.69) is 10.3 Å². The zero-order valence-corrected chi connectivity index (χ0v) is 12.3. The average molecular weight is 265 g/mol. The van der Waals surface area contributed by atoms with Crippen LogP contribution in [0.3, 0.4) is 0 Å². The van der Waals surface area contributed by atoms with Crippen molar-refractivity contribution in [3.63, 3.8) is 0 Å². The van der Waals surface area contributed by atoms with E-state index >= 15 is 0 Å². The minimum absolute atomic E-state index is 0.124. The fourth-order valence-electron chi connectivity index (χ4n) is 1.90. The van der Waals surface area contributed by atoms with Gasteiger partial charge < -0.3 is 15.3 Å². The molecule has 1 heterocycles. The lowest BCUT2D eigenvalue weighted by atomic mass is 10.1. The maximum atomic E-state index is 12.5. The van der Waals surface area contributed by atoms with Crippen LogP contribution < -0.4 is 5.32 Å². The Kier molecular flexibility index (Phi) is 4.89. The Hall–Kier alpha value is -1.62. The molecule has 1 rings (SSSR count). The van der Waals surface area contributed by atoms with Gasteiger partial charge in [-0.1, -0.05) is 0 Å². The monoisotopic (exact) mass is 265 g/mol. The van der Waals surface area contributed by atoms with Crippen LogP contribution in [0.5, 0.6) is 0 Å². The molecule has 0 aliphatic heterocycles. The van der Waals surface area contributed by atoms with E-state index in [0.29, 0.717) is 18.7 Å². The van der Waals surface area contributed by atoms with Gasteiger partial charge in [-0.05, 0) is 33.8 Å². The zero-order valence-electron chi connectivity index (χ0n) is 12.3. The van der Waals surface area contributed by atoms with E-state index in [1.54, 1.807) is 32.0 Å². The van der Waals surface area contributed by atoms with Crippen LogP contribution >= 0.6 is 0 Å². The molecule has 106 valence electrons. The standard InChI is InChI=1S/C14H23N3O2/c1-6-17(9-14(3,4)19)13(18)11-8-16-10(2)7-12(11)15-5/h7-8,19H,6,9H2,1-5H3,(H,15,16). The largest absolute Gasteiger partial charge is 0.389 e. The second-order valence-electron chi connectivity index (χ2n) is 5.25. The second-order valence-corrected chi connectivity index (χ2v) is 5.25. The third kappa shape index (κ3) is 4.21. The van der Waals surface area contributed by atoms with Gasteiger partial charge in [0.25, 0.3) is 5.91 Å². The van der Waals surface area contributed by atoms with Crippen molar-refractivity contribution in [1.29, 1.82) is 0 Å². The Labute approximate surface area is 114 Å². The van der Waals surface area contributed by atoms with Crippen molar-refractivity contribution in [2.24, 2.45) is 0 Å². The summed E-state index contributed by atoms with van der Waals surface area (Å²) in [5, 5.41) is 12.9. The first kappa shape index (κ1) is 15.4. The van der Waals surface area contributed by atoms with Gasteiger partial charge in [0.2, 0.25) is 0 Å². The number of pyridine rings is 1. The van der Waals surface area contributed by atoms with Gasteiger partial charge >= 0.3 is 0 Å². The van der Waals surface area contributed by atoms with Crippen molar-refractivity contribution in [3.05, 3.63) is 23.5 Å².